The second-order valence-electron chi connectivity index (χ2n) is 3.77. The van der Waals surface area contributed by atoms with E-state index in [4.69, 9.17) is 5.11 Å². The van der Waals surface area contributed by atoms with E-state index in [1.54, 1.807) is 4.90 Å². The molecule has 5 heteroatoms. The fraction of sp³-hybridized carbons (Fsp3) is 0.800. The van der Waals surface area contributed by atoms with Gasteiger partial charge >= 0.3 is 0 Å². The highest BCUT2D eigenvalue weighted by Crippen LogP contribution is 2.08. The van der Waals surface area contributed by atoms with Gasteiger partial charge in [0.2, 0.25) is 11.8 Å². The zero-order valence-electron chi connectivity index (χ0n) is 9.03. The number of hydrogen-bond donors (Lipinski definition) is 2. The molecule has 1 atom stereocenters. The molecule has 0 radical (unpaired) electrons. The first-order valence-electron chi connectivity index (χ1n) is 5.35. The molecule has 2 N–H and O–H groups in total. The minimum absolute atomic E-state index is 0.0437. The standard InChI is InChI=1S/C10H18N2O3/c1-2-8(7-13)11-9(14)6-12-5-3-4-10(12)15/h8,13H,2-7H2,1H3,(H,11,14)/t8-/m0/s1. The van der Waals surface area contributed by atoms with E-state index in [2.05, 4.69) is 5.32 Å². The number of carbonyl (C=O) groups excluding carboxylic acids is 2. The van der Waals surface area contributed by atoms with Gasteiger partial charge in [-0.25, -0.2) is 0 Å². The normalized spacial score (nSPS) is 18.0. The van der Waals surface area contributed by atoms with Crippen LogP contribution in [-0.2, 0) is 9.59 Å². The molecule has 1 saturated heterocycles. The molecule has 0 aromatic rings. The highest BCUT2D eigenvalue weighted by Gasteiger charge is 2.22. The molecule has 15 heavy (non-hydrogen) atoms. The fourth-order valence-electron chi connectivity index (χ4n) is 1.59. The van der Waals surface area contributed by atoms with E-state index >= 15 is 0 Å². The molecule has 1 aliphatic rings. The smallest absolute Gasteiger partial charge is 0.239 e. The molecule has 1 aliphatic heterocycles. The Morgan fingerprint density at radius 2 is 2.40 bits per heavy atom. The third-order valence-electron chi connectivity index (χ3n) is 2.58. The lowest BCUT2D eigenvalue weighted by Crippen LogP contribution is -2.43. The van der Waals surface area contributed by atoms with Crippen LogP contribution in [0.4, 0.5) is 0 Å². The summed E-state index contributed by atoms with van der Waals surface area (Å²) in [6, 6.07) is -0.199. The van der Waals surface area contributed by atoms with E-state index in [0.29, 0.717) is 19.4 Å². The van der Waals surface area contributed by atoms with Crippen LogP contribution in [0.5, 0.6) is 0 Å². The van der Waals surface area contributed by atoms with Crippen molar-refractivity contribution in [2.75, 3.05) is 19.7 Å². The van der Waals surface area contributed by atoms with Crippen molar-refractivity contribution in [2.24, 2.45) is 0 Å². The van der Waals surface area contributed by atoms with Crippen molar-refractivity contribution in [1.82, 2.24) is 10.2 Å². The number of aliphatic hydroxyl groups excluding tert-OH is 1. The van der Waals surface area contributed by atoms with Crippen LogP contribution < -0.4 is 5.32 Å². The predicted octanol–water partition coefficient (Wildman–Crippen LogP) is -0.504. The summed E-state index contributed by atoms with van der Waals surface area (Å²) in [5.41, 5.74) is 0. The van der Waals surface area contributed by atoms with Crippen LogP contribution in [-0.4, -0.2) is 47.6 Å². The first-order chi connectivity index (χ1) is 7.17. The monoisotopic (exact) mass is 214 g/mol. The van der Waals surface area contributed by atoms with Gasteiger partial charge in [0.1, 0.15) is 0 Å². The van der Waals surface area contributed by atoms with E-state index in [1.165, 1.54) is 0 Å². The Kier molecular flexibility index (Phi) is 4.55. The maximum atomic E-state index is 11.5. The number of carbonyl (C=O) groups is 2. The first kappa shape index (κ1) is 12.0. The van der Waals surface area contributed by atoms with E-state index in [1.807, 2.05) is 6.92 Å². The topological polar surface area (TPSA) is 69.6 Å². The second kappa shape index (κ2) is 5.70. The van der Waals surface area contributed by atoms with Gasteiger partial charge in [-0.15, -0.1) is 0 Å². The van der Waals surface area contributed by atoms with Crippen LogP contribution in [0.15, 0.2) is 0 Å². The van der Waals surface area contributed by atoms with E-state index in [-0.39, 0.29) is 31.0 Å². The summed E-state index contributed by atoms with van der Waals surface area (Å²) in [6.45, 7) is 2.62. The molecule has 0 aromatic heterocycles. The van der Waals surface area contributed by atoms with E-state index < -0.39 is 0 Å². The first-order valence-corrected chi connectivity index (χ1v) is 5.35. The SMILES string of the molecule is CC[C@@H](CO)NC(=O)CN1CCCC1=O. The molecule has 0 saturated carbocycles. The summed E-state index contributed by atoms with van der Waals surface area (Å²) in [6.07, 6.45) is 2.07. The summed E-state index contributed by atoms with van der Waals surface area (Å²) in [4.78, 5) is 24.2. The van der Waals surface area contributed by atoms with Crippen LogP contribution in [0.3, 0.4) is 0 Å². The number of rotatable bonds is 5. The summed E-state index contributed by atoms with van der Waals surface area (Å²) < 4.78 is 0. The largest absolute Gasteiger partial charge is 0.394 e. The molecule has 1 heterocycles. The Hall–Kier alpha value is -1.10. The molecule has 2 amide bonds. The van der Waals surface area contributed by atoms with Crippen molar-refractivity contribution in [3.05, 3.63) is 0 Å². The maximum Gasteiger partial charge on any atom is 0.239 e. The van der Waals surface area contributed by atoms with Gasteiger partial charge in [-0.1, -0.05) is 6.92 Å². The molecular weight excluding hydrogens is 196 g/mol. The van der Waals surface area contributed by atoms with Crippen molar-refractivity contribution in [2.45, 2.75) is 32.2 Å². The Morgan fingerprint density at radius 1 is 1.67 bits per heavy atom. The molecule has 1 fully saturated rings. The van der Waals surface area contributed by atoms with Crippen LogP contribution in [0.1, 0.15) is 26.2 Å². The van der Waals surface area contributed by atoms with Gasteiger partial charge in [-0.05, 0) is 12.8 Å². The summed E-state index contributed by atoms with van der Waals surface area (Å²) >= 11 is 0. The zero-order chi connectivity index (χ0) is 11.3. The van der Waals surface area contributed by atoms with Gasteiger partial charge < -0.3 is 15.3 Å². The van der Waals surface area contributed by atoms with Crippen LogP contribution in [0, 0.1) is 0 Å². The van der Waals surface area contributed by atoms with Crippen LogP contribution in [0.25, 0.3) is 0 Å². The number of likely N-dealkylation sites (tertiary alicyclic amines) is 1. The number of amides is 2. The van der Waals surface area contributed by atoms with Gasteiger partial charge in [-0.3, -0.25) is 9.59 Å². The summed E-state index contributed by atoms with van der Waals surface area (Å²) in [5, 5.41) is 11.6. The third-order valence-corrected chi connectivity index (χ3v) is 2.58. The molecule has 1 rings (SSSR count). The number of aliphatic hydroxyl groups is 1. The highest BCUT2D eigenvalue weighted by molar-refractivity contribution is 5.85. The van der Waals surface area contributed by atoms with E-state index in [0.717, 1.165) is 6.42 Å². The maximum absolute atomic E-state index is 11.5. The summed E-state index contributed by atoms with van der Waals surface area (Å²) in [5.74, 6) is -0.145. The average molecular weight is 214 g/mol. The Morgan fingerprint density at radius 3 is 2.87 bits per heavy atom. The minimum Gasteiger partial charge on any atom is -0.394 e. The third kappa shape index (κ3) is 3.51. The molecule has 0 bridgehead atoms. The van der Waals surface area contributed by atoms with Crippen molar-refractivity contribution in [3.63, 3.8) is 0 Å². The van der Waals surface area contributed by atoms with Gasteiger partial charge in [0.05, 0.1) is 19.2 Å². The van der Waals surface area contributed by atoms with Gasteiger partial charge in [0.25, 0.3) is 0 Å². The number of nitrogens with zero attached hydrogens (tertiary/aromatic N) is 1. The summed E-state index contributed by atoms with van der Waals surface area (Å²) in [7, 11) is 0. The Balaban J connectivity index is 2.31. The lowest BCUT2D eigenvalue weighted by molar-refractivity contribution is -0.133. The van der Waals surface area contributed by atoms with Crippen LogP contribution >= 0.6 is 0 Å². The Bertz CT molecular complexity index is 239. The van der Waals surface area contributed by atoms with Crippen molar-refractivity contribution in [1.29, 1.82) is 0 Å². The van der Waals surface area contributed by atoms with Crippen LogP contribution in [0.2, 0.25) is 0 Å². The van der Waals surface area contributed by atoms with Gasteiger partial charge in [0, 0.05) is 13.0 Å². The molecule has 0 unspecified atom stereocenters. The average Bonchev–Trinajstić information content (AvgIpc) is 2.61. The molecule has 0 aromatic carbocycles. The molecule has 0 aliphatic carbocycles. The van der Waals surface area contributed by atoms with Crippen molar-refractivity contribution < 1.29 is 14.7 Å². The molecule has 86 valence electrons. The fourth-order valence-corrected chi connectivity index (χ4v) is 1.59. The molecule has 0 spiro atoms. The quantitative estimate of drug-likeness (QED) is 0.648. The van der Waals surface area contributed by atoms with Gasteiger partial charge in [-0.2, -0.15) is 0 Å². The Labute approximate surface area is 89.4 Å². The highest BCUT2D eigenvalue weighted by atomic mass is 16.3. The number of hydrogen-bond acceptors (Lipinski definition) is 3. The predicted molar refractivity (Wildman–Crippen MR) is 55.1 cm³/mol. The van der Waals surface area contributed by atoms with Gasteiger partial charge in [0.15, 0.2) is 0 Å². The number of nitrogens with one attached hydrogen (secondary N) is 1. The van der Waals surface area contributed by atoms with Crippen molar-refractivity contribution in [3.8, 4) is 0 Å². The minimum atomic E-state index is -0.199. The molecular formula is C10H18N2O3. The lowest BCUT2D eigenvalue weighted by atomic mass is 10.2. The van der Waals surface area contributed by atoms with Crippen molar-refractivity contribution >= 4 is 11.8 Å². The lowest BCUT2D eigenvalue weighted by Gasteiger charge is -2.18. The second-order valence-corrected chi connectivity index (χ2v) is 3.77. The molecule has 5 nitrogen and oxygen atoms in total. The zero-order valence-corrected chi connectivity index (χ0v) is 9.03. The van der Waals surface area contributed by atoms with E-state index in [9.17, 15) is 9.59 Å².